The van der Waals surface area contributed by atoms with E-state index in [9.17, 15) is 4.79 Å². The Hall–Kier alpha value is -2.14. The maximum atomic E-state index is 11.3. The summed E-state index contributed by atoms with van der Waals surface area (Å²) in [6.07, 6.45) is 0.975. The summed E-state index contributed by atoms with van der Waals surface area (Å²) in [5.74, 6) is -0.00893. The Labute approximate surface area is 137 Å². The van der Waals surface area contributed by atoms with Crippen molar-refractivity contribution in [2.75, 3.05) is 18.4 Å². The molecule has 0 saturated carbocycles. The predicted octanol–water partition coefficient (Wildman–Crippen LogP) is 2.52. The number of nitrogens with one attached hydrogen (secondary N) is 1. The molecule has 0 atom stereocenters. The van der Waals surface area contributed by atoms with E-state index < -0.39 is 0 Å². The van der Waals surface area contributed by atoms with Crippen LogP contribution in [0.25, 0.3) is 0 Å². The maximum Gasteiger partial charge on any atom is 0.221 e. The van der Waals surface area contributed by atoms with Crippen LogP contribution in [0, 0.1) is 13.8 Å². The molecule has 2 aromatic rings. The summed E-state index contributed by atoms with van der Waals surface area (Å²) in [6.45, 7) is 9.55. The molecule has 1 aliphatic heterocycles. The number of fused-ring (bicyclic) bond motifs is 1. The Morgan fingerprint density at radius 3 is 2.83 bits per heavy atom. The fourth-order valence-electron chi connectivity index (χ4n) is 3.30. The first kappa shape index (κ1) is 15.7. The van der Waals surface area contributed by atoms with Gasteiger partial charge in [-0.25, -0.2) is 0 Å². The van der Waals surface area contributed by atoms with Gasteiger partial charge in [0.25, 0.3) is 0 Å². The molecule has 0 fully saturated rings. The lowest BCUT2D eigenvalue weighted by Crippen LogP contribution is -2.34. The molecule has 0 saturated heterocycles. The zero-order chi connectivity index (χ0) is 16.4. The molecule has 1 N–H and O–H groups in total. The third-order valence-corrected chi connectivity index (χ3v) is 4.39. The topological polar surface area (TPSA) is 50.2 Å². The summed E-state index contributed by atoms with van der Waals surface area (Å²) >= 11 is 0. The Balaban J connectivity index is 1.66. The molecule has 0 bridgehead atoms. The molecular formula is C18H24N4O. The van der Waals surface area contributed by atoms with Gasteiger partial charge in [0.15, 0.2) is 0 Å². The molecule has 5 heteroatoms. The number of carbonyl (C=O) groups is 1. The minimum Gasteiger partial charge on any atom is -0.326 e. The molecule has 0 aliphatic carbocycles. The van der Waals surface area contributed by atoms with Crippen molar-refractivity contribution in [2.24, 2.45) is 0 Å². The normalized spacial score (nSPS) is 14.6. The first-order valence-corrected chi connectivity index (χ1v) is 8.14. The molecule has 0 radical (unpaired) electrons. The van der Waals surface area contributed by atoms with E-state index in [0.29, 0.717) is 0 Å². The first-order chi connectivity index (χ1) is 11.0. The summed E-state index contributed by atoms with van der Waals surface area (Å²) in [5, 5.41) is 7.47. The van der Waals surface area contributed by atoms with Crippen molar-refractivity contribution in [3.8, 4) is 0 Å². The van der Waals surface area contributed by atoms with E-state index in [1.165, 1.54) is 16.8 Å². The highest BCUT2D eigenvalue weighted by Gasteiger charge is 2.19. The first-order valence-electron chi connectivity index (χ1n) is 8.14. The Bertz CT molecular complexity index is 720. The highest BCUT2D eigenvalue weighted by Crippen LogP contribution is 2.26. The molecule has 1 amide bonds. The van der Waals surface area contributed by atoms with Gasteiger partial charge in [0.05, 0.1) is 12.2 Å². The largest absolute Gasteiger partial charge is 0.326 e. The Kier molecular flexibility index (Phi) is 4.48. The smallest absolute Gasteiger partial charge is 0.221 e. The van der Waals surface area contributed by atoms with Gasteiger partial charge in [0.1, 0.15) is 0 Å². The Morgan fingerprint density at radius 1 is 1.30 bits per heavy atom. The van der Waals surface area contributed by atoms with Gasteiger partial charge in [0.2, 0.25) is 5.91 Å². The molecular weight excluding hydrogens is 288 g/mol. The van der Waals surface area contributed by atoms with Gasteiger partial charge in [-0.2, -0.15) is 5.10 Å². The van der Waals surface area contributed by atoms with E-state index in [2.05, 4.69) is 39.1 Å². The quantitative estimate of drug-likeness (QED) is 0.944. The fraction of sp³-hybridized carbons (Fsp3) is 0.444. The number of rotatable bonds is 4. The number of benzene rings is 1. The second-order valence-electron chi connectivity index (χ2n) is 6.30. The molecule has 122 valence electrons. The highest BCUT2D eigenvalue weighted by molar-refractivity contribution is 5.89. The summed E-state index contributed by atoms with van der Waals surface area (Å²) < 4.78 is 2.08. The fourth-order valence-corrected chi connectivity index (χ4v) is 3.30. The van der Waals surface area contributed by atoms with Crippen molar-refractivity contribution in [3.63, 3.8) is 0 Å². The lowest BCUT2D eigenvalue weighted by Gasteiger charge is -2.30. The van der Waals surface area contributed by atoms with E-state index in [-0.39, 0.29) is 5.91 Å². The lowest BCUT2D eigenvalue weighted by molar-refractivity contribution is -0.114. The summed E-state index contributed by atoms with van der Waals surface area (Å²) in [7, 11) is 0. The number of aromatic nitrogens is 2. The molecule has 5 nitrogen and oxygen atoms in total. The molecule has 0 spiro atoms. The number of hydrogen-bond donors (Lipinski definition) is 1. The van der Waals surface area contributed by atoms with Crippen LogP contribution < -0.4 is 5.32 Å². The summed E-state index contributed by atoms with van der Waals surface area (Å²) in [4.78, 5) is 13.8. The third kappa shape index (κ3) is 3.62. The standard InChI is InChI=1S/C18H24N4O/c1-13-11-14(2)22(20-13)10-9-21-8-7-17-16(12-21)5-4-6-18(17)19-15(3)23/h4-6,11H,7-10,12H2,1-3H3,(H,19,23). The highest BCUT2D eigenvalue weighted by atomic mass is 16.1. The van der Waals surface area contributed by atoms with Crippen LogP contribution in [0.3, 0.4) is 0 Å². The monoisotopic (exact) mass is 312 g/mol. The van der Waals surface area contributed by atoms with Gasteiger partial charge in [-0.15, -0.1) is 0 Å². The average Bonchev–Trinajstić information content (AvgIpc) is 2.82. The zero-order valence-electron chi connectivity index (χ0n) is 14.1. The molecule has 1 aromatic carbocycles. The van der Waals surface area contributed by atoms with E-state index in [1.54, 1.807) is 6.92 Å². The maximum absolute atomic E-state index is 11.3. The number of hydrogen-bond acceptors (Lipinski definition) is 3. The number of carbonyl (C=O) groups excluding carboxylic acids is 1. The average molecular weight is 312 g/mol. The number of amides is 1. The van der Waals surface area contributed by atoms with E-state index >= 15 is 0 Å². The van der Waals surface area contributed by atoms with Crippen molar-refractivity contribution in [3.05, 3.63) is 46.8 Å². The van der Waals surface area contributed by atoms with Gasteiger partial charge in [-0.3, -0.25) is 14.4 Å². The lowest BCUT2D eigenvalue weighted by atomic mass is 9.97. The van der Waals surface area contributed by atoms with Crippen LogP contribution in [0.1, 0.15) is 29.4 Å². The van der Waals surface area contributed by atoms with Crippen molar-refractivity contribution >= 4 is 11.6 Å². The second kappa shape index (κ2) is 6.54. The van der Waals surface area contributed by atoms with Crippen LogP contribution >= 0.6 is 0 Å². The van der Waals surface area contributed by atoms with E-state index in [0.717, 1.165) is 44.0 Å². The van der Waals surface area contributed by atoms with E-state index in [1.807, 2.05) is 19.1 Å². The van der Waals surface area contributed by atoms with Crippen molar-refractivity contribution in [2.45, 2.75) is 40.3 Å². The van der Waals surface area contributed by atoms with Crippen LogP contribution in [0.2, 0.25) is 0 Å². The van der Waals surface area contributed by atoms with Crippen LogP contribution in [-0.2, 0) is 24.3 Å². The molecule has 2 heterocycles. The number of nitrogens with zero attached hydrogens (tertiary/aromatic N) is 3. The van der Waals surface area contributed by atoms with Gasteiger partial charge in [-0.1, -0.05) is 12.1 Å². The molecule has 0 unspecified atom stereocenters. The Morgan fingerprint density at radius 2 is 2.13 bits per heavy atom. The van der Waals surface area contributed by atoms with Crippen molar-refractivity contribution in [1.82, 2.24) is 14.7 Å². The van der Waals surface area contributed by atoms with Gasteiger partial charge < -0.3 is 5.32 Å². The summed E-state index contributed by atoms with van der Waals surface area (Å²) in [6, 6.07) is 8.29. The molecule has 3 rings (SSSR count). The van der Waals surface area contributed by atoms with Crippen molar-refractivity contribution < 1.29 is 4.79 Å². The molecule has 23 heavy (non-hydrogen) atoms. The van der Waals surface area contributed by atoms with Crippen LogP contribution in [0.15, 0.2) is 24.3 Å². The zero-order valence-corrected chi connectivity index (χ0v) is 14.1. The number of anilines is 1. The van der Waals surface area contributed by atoms with E-state index in [4.69, 9.17) is 0 Å². The summed E-state index contributed by atoms with van der Waals surface area (Å²) in [5.41, 5.74) is 5.86. The number of aryl methyl sites for hydroxylation is 2. The van der Waals surface area contributed by atoms with Crippen LogP contribution in [0.4, 0.5) is 5.69 Å². The van der Waals surface area contributed by atoms with Crippen molar-refractivity contribution in [1.29, 1.82) is 0 Å². The van der Waals surface area contributed by atoms with Crippen LogP contribution in [-0.4, -0.2) is 33.7 Å². The minimum atomic E-state index is -0.00893. The van der Waals surface area contributed by atoms with Crippen LogP contribution in [0.5, 0.6) is 0 Å². The minimum absolute atomic E-state index is 0.00893. The molecule has 1 aromatic heterocycles. The van der Waals surface area contributed by atoms with Gasteiger partial charge in [0, 0.05) is 37.9 Å². The third-order valence-electron chi connectivity index (χ3n) is 4.39. The molecule has 1 aliphatic rings. The predicted molar refractivity (Wildman–Crippen MR) is 91.4 cm³/mol. The van der Waals surface area contributed by atoms with Gasteiger partial charge >= 0.3 is 0 Å². The second-order valence-corrected chi connectivity index (χ2v) is 6.30. The van der Waals surface area contributed by atoms with Gasteiger partial charge in [-0.05, 0) is 43.5 Å². The SMILES string of the molecule is CC(=O)Nc1cccc2c1CCN(CCn1nc(C)cc1C)C2.